The van der Waals surface area contributed by atoms with E-state index in [1.807, 2.05) is 0 Å². The number of rotatable bonds is 2. The van der Waals surface area contributed by atoms with Crippen LogP contribution >= 0.6 is 0 Å². The molecule has 0 radical (unpaired) electrons. The number of halogens is 6. The van der Waals surface area contributed by atoms with Crippen LogP contribution in [0.3, 0.4) is 0 Å². The Kier molecular flexibility index (Phi) is 5.20. The minimum atomic E-state index is -5.01. The quantitative estimate of drug-likeness (QED) is 0.491. The highest BCUT2D eigenvalue weighted by molar-refractivity contribution is 5.77. The van der Waals surface area contributed by atoms with Crippen LogP contribution in [0.2, 0.25) is 0 Å². The minimum absolute atomic E-state index is 0.0275. The maximum atomic E-state index is 13.2. The molecule has 0 amide bonds. The molecule has 1 heterocycles. The zero-order chi connectivity index (χ0) is 22.3. The number of benzene rings is 2. The van der Waals surface area contributed by atoms with E-state index in [2.05, 4.69) is 4.98 Å². The van der Waals surface area contributed by atoms with Crippen molar-refractivity contribution in [2.24, 2.45) is 0 Å². The molecule has 9 heteroatoms. The Morgan fingerprint density at radius 3 is 1.97 bits per heavy atom. The molecule has 2 aromatic carbocycles. The lowest BCUT2D eigenvalue weighted by molar-refractivity contribution is -0.143. The van der Waals surface area contributed by atoms with Crippen LogP contribution in [0.5, 0.6) is 5.75 Å². The van der Waals surface area contributed by atoms with Gasteiger partial charge in [0.05, 0.1) is 28.1 Å². The summed E-state index contributed by atoms with van der Waals surface area (Å²) >= 11 is 0. The van der Waals surface area contributed by atoms with Gasteiger partial charge in [0, 0.05) is 11.1 Å². The molecular weight excluding hydrogens is 410 g/mol. The zero-order valence-electron chi connectivity index (χ0n) is 15.2. The van der Waals surface area contributed by atoms with Crippen LogP contribution in [0.25, 0.3) is 22.4 Å². The Morgan fingerprint density at radius 2 is 1.47 bits per heavy atom. The number of phenols is 1. The molecule has 0 bridgehead atoms. The van der Waals surface area contributed by atoms with Gasteiger partial charge in [-0.05, 0) is 48.9 Å². The van der Waals surface area contributed by atoms with E-state index in [-0.39, 0.29) is 34.3 Å². The van der Waals surface area contributed by atoms with E-state index >= 15 is 0 Å². The summed E-state index contributed by atoms with van der Waals surface area (Å²) in [4.78, 5) is 4.21. The second-order valence-electron chi connectivity index (χ2n) is 6.47. The van der Waals surface area contributed by atoms with Gasteiger partial charge in [-0.15, -0.1) is 0 Å². The summed E-state index contributed by atoms with van der Waals surface area (Å²) in [6.45, 7) is 1.42. The molecule has 0 unspecified atom stereocenters. The third-order valence-electron chi connectivity index (χ3n) is 4.35. The summed E-state index contributed by atoms with van der Waals surface area (Å²) in [5.41, 5.74) is -2.96. The molecule has 0 atom stereocenters. The number of hydrogen-bond donors (Lipinski definition) is 1. The SMILES string of the molecule is Cc1nc(-c2cccc(O)c2)cc(-c2cc(C(F)(F)F)cc(C(F)(F)F)c2)c1C#N. The monoisotopic (exact) mass is 422 g/mol. The second kappa shape index (κ2) is 7.37. The fraction of sp³-hybridized carbons (Fsp3) is 0.143. The number of aromatic hydroxyl groups is 1. The van der Waals surface area contributed by atoms with Crippen molar-refractivity contribution in [1.29, 1.82) is 5.26 Å². The number of hydrogen-bond acceptors (Lipinski definition) is 3. The first-order valence-corrected chi connectivity index (χ1v) is 8.41. The van der Waals surface area contributed by atoms with Crippen molar-refractivity contribution >= 4 is 0 Å². The lowest BCUT2D eigenvalue weighted by atomic mass is 9.94. The Bertz CT molecular complexity index is 1130. The fourth-order valence-electron chi connectivity index (χ4n) is 2.96. The van der Waals surface area contributed by atoms with Gasteiger partial charge in [0.15, 0.2) is 0 Å². The first-order valence-electron chi connectivity index (χ1n) is 8.41. The van der Waals surface area contributed by atoms with Crippen molar-refractivity contribution in [3.05, 3.63) is 70.9 Å². The Morgan fingerprint density at radius 1 is 0.867 bits per heavy atom. The largest absolute Gasteiger partial charge is 0.508 e. The minimum Gasteiger partial charge on any atom is -0.508 e. The summed E-state index contributed by atoms with van der Waals surface area (Å²) < 4.78 is 79.4. The van der Waals surface area contributed by atoms with Crippen LogP contribution in [0.15, 0.2) is 48.5 Å². The predicted molar refractivity (Wildman–Crippen MR) is 96.2 cm³/mol. The first kappa shape index (κ1) is 21.2. The average molecular weight is 422 g/mol. The number of phenolic OH excluding ortho intramolecular Hbond substituents is 1. The summed E-state index contributed by atoms with van der Waals surface area (Å²) in [6, 6.07) is 9.98. The molecule has 0 saturated heterocycles. The standard InChI is InChI=1S/C21H12F6N2O/c1-11-18(10-28)17(9-19(29-11)12-3-2-4-16(30)7-12)13-5-14(20(22,23)24)8-15(6-13)21(25,26)27/h2-9,30H,1H3. The summed E-state index contributed by atoms with van der Waals surface area (Å²) in [7, 11) is 0. The highest BCUT2D eigenvalue weighted by atomic mass is 19.4. The first-order chi connectivity index (χ1) is 13.9. The van der Waals surface area contributed by atoms with Crippen LogP contribution in [0.1, 0.15) is 22.4 Å². The summed E-state index contributed by atoms with van der Waals surface area (Å²) in [5, 5.41) is 19.1. The van der Waals surface area contributed by atoms with Gasteiger partial charge in [0.25, 0.3) is 0 Å². The van der Waals surface area contributed by atoms with Crippen LogP contribution in [-0.4, -0.2) is 10.1 Å². The maximum absolute atomic E-state index is 13.2. The van der Waals surface area contributed by atoms with E-state index in [0.29, 0.717) is 17.7 Å². The van der Waals surface area contributed by atoms with E-state index in [0.717, 1.165) is 0 Å². The topological polar surface area (TPSA) is 56.9 Å². The van der Waals surface area contributed by atoms with Crippen molar-refractivity contribution in [1.82, 2.24) is 4.98 Å². The molecule has 0 saturated carbocycles. The number of aromatic nitrogens is 1. The lowest BCUT2D eigenvalue weighted by Gasteiger charge is -2.16. The van der Waals surface area contributed by atoms with Crippen LogP contribution in [0, 0.1) is 18.3 Å². The lowest BCUT2D eigenvalue weighted by Crippen LogP contribution is -2.11. The Hall–Kier alpha value is -3.54. The van der Waals surface area contributed by atoms with Gasteiger partial charge in [-0.25, -0.2) is 0 Å². The van der Waals surface area contributed by atoms with E-state index in [9.17, 15) is 36.7 Å². The van der Waals surface area contributed by atoms with E-state index in [1.165, 1.54) is 31.2 Å². The van der Waals surface area contributed by atoms with Gasteiger partial charge in [-0.3, -0.25) is 4.98 Å². The van der Waals surface area contributed by atoms with Crippen molar-refractivity contribution < 1.29 is 31.4 Å². The van der Waals surface area contributed by atoms with Crippen LogP contribution < -0.4 is 0 Å². The molecule has 1 N–H and O–H groups in total. The molecular formula is C21H12F6N2O. The van der Waals surface area contributed by atoms with E-state index in [1.54, 1.807) is 12.1 Å². The number of nitrogens with zero attached hydrogens (tertiary/aromatic N) is 2. The van der Waals surface area contributed by atoms with Crippen LogP contribution in [0.4, 0.5) is 26.3 Å². The molecule has 3 nitrogen and oxygen atoms in total. The Labute approximate surface area is 166 Å². The summed E-state index contributed by atoms with van der Waals surface area (Å²) in [6.07, 6.45) is -10.0. The smallest absolute Gasteiger partial charge is 0.416 e. The molecule has 0 aliphatic heterocycles. The molecule has 154 valence electrons. The van der Waals surface area contributed by atoms with Crippen molar-refractivity contribution in [2.45, 2.75) is 19.3 Å². The number of nitriles is 1. The number of alkyl halides is 6. The average Bonchev–Trinajstić information content (AvgIpc) is 2.65. The van der Waals surface area contributed by atoms with Crippen LogP contribution in [-0.2, 0) is 12.4 Å². The predicted octanol–water partition coefficient (Wildman–Crippen LogP) is 6.34. The van der Waals surface area contributed by atoms with Gasteiger partial charge >= 0.3 is 12.4 Å². The van der Waals surface area contributed by atoms with Gasteiger partial charge in [-0.1, -0.05) is 12.1 Å². The van der Waals surface area contributed by atoms with Gasteiger partial charge in [0.2, 0.25) is 0 Å². The third-order valence-corrected chi connectivity index (χ3v) is 4.35. The molecule has 0 fully saturated rings. The van der Waals surface area contributed by atoms with Crippen molar-refractivity contribution in [3.63, 3.8) is 0 Å². The van der Waals surface area contributed by atoms with Gasteiger partial charge in [-0.2, -0.15) is 31.6 Å². The van der Waals surface area contributed by atoms with Crippen molar-refractivity contribution in [3.8, 4) is 34.2 Å². The van der Waals surface area contributed by atoms with E-state index < -0.39 is 29.0 Å². The second-order valence-corrected chi connectivity index (χ2v) is 6.47. The van der Waals surface area contributed by atoms with Gasteiger partial charge < -0.3 is 5.11 Å². The normalized spacial score (nSPS) is 11.9. The van der Waals surface area contributed by atoms with Crippen molar-refractivity contribution in [2.75, 3.05) is 0 Å². The highest BCUT2D eigenvalue weighted by Gasteiger charge is 2.37. The zero-order valence-corrected chi connectivity index (χ0v) is 15.2. The Balaban J connectivity index is 2.33. The molecule has 0 spiro atoms. The number of aryl methyl sites for hydroxylation is 1. The molecule has 3 rings (SSSR count). The molecule has 1 aromatic heterocycles. The third kappa shape index (κ3) is 4.22. The van der Waals surface area contributed by atoms with E-state index in [4.69, 9.17) is 0 Å². The number of pyridine rings is 1. The summed E-state index contributed by atoms with van der Waals surface area (Å²) in [5.74, 6) is -0.101. The fourth-order valence-corrected chi connectivity index (χ4v) is 2.96. The maximum Gasteiger partial charge on any atom is 0.416 e. The molecule has 3 aromatic rings. The van der Waals surface area contributed by atoms with Gasteiger partial charge in [0.1, 0.15) is 11.8 Å². The molecule has 30 heavy (non-hydrogen) atoms. The highest BCUT2D eigenvalue weighted by Crippen LogP contribution is 2.40. The molecule has 0 aliphatic carbocycles. The molecule has 0 aliphatic rings.